The Morgan fingerprint density at radius 2 is 1.88 bits per heavy atom. The Hall–Kier alpha value is -2.20. The normalized spacial score (nSPS) is 12.0. The van der Waals surface area contributed by atoms with Crippen molar-refractivity contribution in [1.29, 1.82) is 0 Å². The molecule has 0 aliphatic rings. The molecule has 1 aromatic heterocycles. The Labute approximate surface area is 138 Å². The highest BCUT2D eigenvalue weighted by molar-refractivity contribution is 7.99. The van der Waals surface area contributed by atoms with Gasteiger partial charge < -0.3 is 0 Å². The van der Waals surface area contributed by atoms with E-state index in [-0.39, 0.29) is 11.6 Å². The summed E-state index contributed by atoms with van der Waals surface area (Å²) in [6.45, 7) is 3.32. The van der Waals surface area contributed by atoms with Gasteiger partial charge in [0.1, 0.15) is 5.82 Å². The van der Waals surface area contributed by atoms with Crippen molar-refractivity contribution < 1.29 is 30.8 Å². The maximum atomic E-state index is 13.0. The second kappa shape index (κ2) is 6.36. The van der Waals surface area contributed by atoms with Gasteiger partial charge in [-0.25, -0.2) is 17.5 Å². The van der Waals surface area contributed by atoms with Crippen molar-refractivity contribution in [3.05, 3.63) is 64.1 Å². The van der Waals surface area contributed by atoms with Crippen molar-refractivity contribution in [3.8, 4) is 0 Å². The van der Waals surface area contributed by atoms with Crippen LogP contribution in [0.5, 0.6) is 0 Å². The molecule has 128 valence electrons. The largest absolute Gasteiger partial charge is 0.417 e. The zero-order valence-corrected chi connectivity index (χ0v) is 13.4. The van der Waals surface area contributed by atoms with Crippen LogP contribution < -0.4 is 4.72 Å². The summed E-state index contributed by atoms with van der Waals surface area (Å²) in [5.41, 5.74) is -2.38. The van der Waals surface area contributed by atoms with E-state index in [1.165, 1.54) is 27.5 Å². The second-order valence-electron chi connectivity index (χ2n) is 4.56. The van der Waals surface area contributed by atoms with Crippen molar-refractivity contribution in [2.24, 2.45) is 0 Å². The first kappa shape index (κ1) is 18.1. The van der Waals surface area contributed by atoms with Gasteiger partial charge >= 0.3 is 6.18 Å². The van der Waals surface area contributed by atoms with Gasteiger partial charge in [0.05, 0.1) is 16.0 Å². The molecule has 1 heterocycles. The van der Waals surface area contributed by atoms with E-state index >= 15 is 0 Å². The van der Waals surface area contributed by atoms with Gasteiger partial charge in [-0.05, 0) is 35.0 Å². The van der Waals surface area contributed by atoms with Crippen LogP contribution in [-0.4, -0.2) is 14.3 Å². The fraction of sp³-hybridized carbons (Fsp3) is 0.0714. The highest BCUT2D eigenvalue weighted by Crippen LogP contribution is 2.32. The number of hydrogen-bond acceptors (Lipinski definition) is 4. The minimum atomic E-state index is -5.02. The quantitative estimate of drug-likeness (QED) is 0.825. The standard InChI is InChI=1S/C14H9F4NO3S2/c1-8(9-4-5-23-7-9)24(21,22)19-13(20)11-3-2-10(15)6-12(11)14(16,17)18/h2-7H,1H2,(H,19,20). The molecule has 24 heavy (non-hydrogen) atoms. The van der Waals surface area contributed by atoms with E-state index < -0.39 is 44.0 Å². The zero-order valence-electron chi connectivity index (χ0n) is 11.7. The van der Waals surface area contributed by atoms with Gasteiger partial charge in [-0.15, -0.1) is 0 Å². The highest BCUT2D eigenvalue weighted by atomic mass is 32.2. The number of alkyl halides is 3. The summed E-state index contributed by atoms with van der Waals surface area (Å²) >= 11 is 1.18. The van der Waals surface area contributed by atoms with Crippen LogP contribution in [0.2, 0.25) is 0 Å². The number of amides is 1. The molecule has 1 aromatic carbocycles. The van der Waals surface area contributed by atoms with Crippen molar-refractivity contribution >= 4 is 32.2 Å². The van der Waals surface area contributed by atoms with E-state index in [9.17, 15) is 30.8 Å². The van der Waals surface area contributed by atoms with Crippen molar-refractivity contribution in [2.75, 3.05) is 0 Å². The van der Waals surface area contributed by atoms with E-state index in [1.807, 2.05) is 0 Å². The van der Waals surface area contributed by atoms with Crippen molar-refractivity contribution in [3.63, 3.8) is 0 Å². The maximum Gasteiger partial charge on any atom is 0.417 e. The minimum absolute atomic E-state index is 0.120. The summed E-state index contributed by atoms with van der Waals surface area (Å²) < 4.78 is 77.3. The van der Waals surface area contributed by atoms with Gasteiger partial charge in [0, 0.05) is 5.56 Å². The summed E-state index contributed by atoms with van der Waals surface area (Å²) in [7, 11) is -4.45. The molecule has 4 nitrogen and oxygen atoms in total. The molecule has 1 N–H and O–H groups in total. The number of carbonyl (C=O) groups excluding carboxylic acids is 1. The molecule has 0 bridgehead atoms. The maximum absolute atomic E-state index is 13.0. The second-order valence-corrected chi connectivity index (χ2v) is 7.04. The Balaban J connectivity index is 2.35. The van der Waals surface area contributed by atoms with Gasteiger partial charge in [-0.1, -0.05) is 6.58 Å². The lowest BCUT2D eigenvalue weighted by molar-refractivity contribution is -0.138. The number of carbonyl (C=O) groups is 1. The monoisotopic (exact) mass is 379 g/mol. The topological polar surface area (TPSA) is 63.2 Å². The van der Waals surface area contributed by atoms with Crippen molar-refractivity contribution in [2.45, 2.75) is 6.18 Å². The van der Waals surface area contributed by atoms with E-state index in [1.54, 1.807) is 5.38 Å². The molecular weight excluding hydrogens is 370 g/mol. The lowest BCUT2D eigenvalue weighted by atomic mass is 10.1. The summed E-state index contributed by atoms with van der Waals surface area (Å²) in [5.74, 6) is -2.73. The highest BCUT2D eigenvalue weighted by Gasteiger charge is 2.36. The first-order valence-electron chi connectivity index (χ1n) is 6.18. The van der Waals surface area contributed by atoms with E-state index in [4.69, 9.17) is 0 Å². The Kier molecular flexibility index (Phi) is 4.81. The summed E-state index contributed by atoms with van der Waals surface area (Å²) in [6.07, 6.45) is -5.02. The average Bonchev–Trinajstić information content (AvgIpc) is 2.98. The van der Waals surface area contributed by atoms with Crippen LogP contribution in [0, 0.1) is 5.82 Å². The van der Waals surface area contributed by atoms with Crippen LogP contribution in [0.1, 0.15) is 21.5 Å². The average molecular weight is 379 g/mol. The SMILES string of the molecule is C=C(c1ccsc1)S(=O)(=O)NC(=O)c1ccc(F)cc1C(F)(F)F. The smallest absolute Gasteiger partial charge is 0.268 e. The van der Waals surface area contributed by atoms with Crippen LogP contribution in [0.4, 0.5) is 17.6 Å². The van der Waals surface area contributed by atoms with Crippen LogP contribution in [0.15, 0.2) is 41.6 Å². The number of benzene rings is 1. The van der Waals surface area contributed by atoms with Gasteiger partial charge in [-0.3, -0.25) is 4.79 Å². The summed E-state index contributed by atoms with van der Waals surface area (Å²) in [5, 5.41) is 3.02. The van der Waals surface area contributed by atoms with Crippen LogP contribution in [0.3, 0.4) is 0 Å². The number of nitrogens with one attached hydrogen (secondary N) is 1. The lowest BCUT2D eigenvalue weighted by Gasteiger charge is -2.13. The third-order valence-corrected chi connectivity index (χ3v) is 4.95. The van der Waals surface area contributed by atoms with Gasteiger partial charge in [0.2, 0.25) is 0 Å². The van der Waals surface area contributed by atoms with Crippen molar-refractivity contribution in [1.82, 2.24) is 4.72 Å². The number of halogens is 4. The Morgan fingerprint density at radius 3 is 2.42 bits per heavy atom. The molecule has 0 saturated carbocycles. The van der Waals surface area contributed by atoms with Gasteiger partial charge in [0.15, 0.2) is 0 Å². The predicted octanol–water partition coefficient (Wildman–Crippen LogP) is 3.64. The fourth-order valence-corrected chi connectivity index (χ4v) is 3.43. The fourth-order valence-electron chi connectivity index (χ4n) is 1.77. The molecule has 2 aromatic rings. The van der Waals surface area contributed by atoms with Gasteiger partial charge in [0.25, 0.3) is 15.9 Å². The molecule has 0 aliphatic heterocycles. The van der Waals surface area contributed by atoms with E-state index in [0.717, 1.165) is 0 Å². The molecule has 0 aliphatic carbocycles. The molecule has 0 saturated heterocycles. The van der Waals surface area contributed by atoms with E-state index in [2.05, 4.69) is 6.58 Å². The molecule has 0 radical (unpaired) electrons. The molecule has 0 unspecified atom stereocenters. The number of sulfonamides is 1. The molecule has 2 rings (SSSR count). The first-order chi connectivity index (χ1) is 11.0. The number of hydrogen-bond donors (Lipinski definition) is 1. The molecule has 1 amide bonds. The minimum Gasteiger partial charge on any atom is -0.268 e. The van der Waals surface area contributed by atoms with Crippen LogP contribution in [0.25, 0.3) is 4.91 Å². The molecule has 0 spiro atoms. The third kappa shape index (κ3) is 3.82. The number of thiophene rings is 1. The zero-order chi connectivity index (χ0) is 18.1. The molecule has 0 atom stereocenters. The van der Waals surface area contributed by atoms with E-state index in [0.29, 0.717) is 12.1 Å². The number of rotatable bonds is 4. The summed E-state index contributed by atoms with van der Waals surface area (Å²) in [6, 6.07) is 2.74. The molecule has 0 fully saturated rings. The first-order valence-corrected chi connectivity index (χ1v) is 8.60. The Morgan fingerprint density at radius 1 is 1.21 bits per heavy atom. The summed E-state index contributed by atoms with van der Waals surface area (Å²) in [4.78, 5) is 11.5. The van der Waals surface area contributed by atoms with Gasteiger partial charge in [-0.2, -0.15) is 24.5 Å². The lowest BCUT2D eigenvalue weighted by Crippen LogP contribution is -2.32. The molecular formula is C14H9F4NO3S2. The predicted molar refractivity (Wildman–Crippen MR) is 81.1 cm³/mol. The molecule has 10 heteroatoms. The van der Waals surface area contributed by atoms with Crippen LogP contribution in [-0.2, 0) is 16.2 Å². The Bertz CT molecular complexity index is 887. The van der Waals surface area contributed by atoms with Crippen LogP contribution >= 0.6 is 11.3 Å². The third-order valence-electron chi connectivity index (χ3n) is 2.93.